The summed E-state index contributed by atoms with van der Waals surface area (Å²) in [5, 5.41) is 3.33. The molecule has 3 aromatic rings. The van der Waals surface area contributed by atoms with E-state index < -0.39 is 28.5 Å². The predicted molar refractivity (Wildman–Crippen MR) is 152 cm³/mol. The van der Waals surface area contributed by atoms with Crippen LogP contribution in [0.5, 0.6) is 0 Å². The fourth-order valence-electron chi connectivity index (χ4n) is 4.12. The van der Waals surface area contributed by atoms with E-state index in [2.05, 4.69) is 5.32 Å². The highest BCUT2D eigenvalue weighted by Crippen LogP contribution is 2.26. The Morgan fingerprint density at radius 2 is 1.50 bits per heavy atom. The van der Waals surface area contributed by atoms with Crippen LogP contribution in [0.4, 0.5) is 5.69 Å². The molecule has 0 aliphatic heterocycles. The van der Waals surface area contributed by atoms with Crippen molar-refractivity contribution in [3.8, 4) is 0 Å². The second kappa shape index (κ2) is 14.0. The number of anilines is 1. The van der Waals surface area contributed by atoms with E-state index in [0.717, 1.165) is 16.3 Å². The van der Waals surface area contributed by atoms with E-state index in [9.17, 15) is 18.0 Å². The number of rotatable bonds is 13. The van der Waals surface area contributed by atoms with Crippen molar-refractivity contribution in [1.82, 2.24) is 10.2 Å². The molecule has 0 bridgehead atoms. The number of hydrogen-bond donors (Lipinski definition) is 1. The first-order valence-corrected chi connectivity index (χ1v) is 14.5. The molecule has 1 N–H and O–H groups in total. The molecule has 202 valence electrons. The topological polar surface area (TPSA) is 86.8 Å². The minimum absolute atomic E-state index is 0.0614. The maximum atomic E-state index is 13.9. The summed E-state index contributed by atoms with van der Waals surface area (Å²) in [5.41, 5.74) is 1.32. The molecule has 3 rings (SSSR count). The van der Waals surface area contributed by atoms with Gasteiger partial charge in [0.05, 0.1) is 10.6 Å². The number of amides is 2. The molecule has 0 aliphatic rings. The highest BCUT2D eigenvalue weighted by atomic mass is 35.5. The van der Waals surface area contributed by atoms with E-state index in [4.69, 9.17) is 11.6 Å². The van der Waals surface area contributed by atoms with Crippen molar-refractivity contribution in [2.45, 2.75) is 44.0 Å². The summed E-state index contributed by atoms with van der Waals surface area (Å²) in [6, 6.07) is 23.2. The van der Waals surface area contributed by atoms with Gasteiger partial charge in [-0.15, -0.1) is 0 Å². The zero-order chi connectivity index (χ0) is 27.5. The maximum absolute atomic E-state index is 13.9. The number of nitrogens with zero attached hydrogens (tertiary/aromatic N) is 2. The first-order chi connectivity index (χ1) is 18.3. The first kappa shape index (κ1) is 29.2. The summed E-state index contributed by atoms with van der Waals surface area (Å²) >= 11 is 6.05. The number of halogens is 1. The third-order valence-electron chi connectivity index (χ3n) is 6.14. The quantitative estimate of drug-likeness (QED) is 0.324. The molecule has 0 heterocycles. The number of carbonyl (C=O) groups is 2. The van der Waals surface area contributed by atoms with Gasteiger partial charge >= 0.3 is 0 Å². The van der Waals surface area contributed by atoms with Crippen LogP contribution in [0.2, 0.25) is 5.02 Å². The van der Waals surface area contributed by atoms with Gasteiger partial charge in [-0.05, 0) is 61.2 Å². The average Bonchev–Trinajstić information content (AvgIpc) is 2.94. The Balaban J connectivity index is 1.97. The lowest BCUT2D eigenvalue weighted by Gasteiger charge is -2.33. The van der Waals surface area contributed by atoms with Crippen molar-refractivity contribution in [1.29, 1.82) is 0 Å². The van der Waals surface area contributed by atoms with Crippen LogP contribution in [-0.2, 0) is 26.0 Å². The molecule has 0 fully saturated rings. The third-order valence-corrected chi connectivity index (χ3v) is 8.18. The molecule has 0 saturated heterocycles. The van der Waals surface area contributed by atoms with E-state index in [1.54, 1.807) is 42.5 Å². The van der Waals surface area contributed by atoms with Gasteiger partial charge in [0.15, 0.2) is 0 Å². The Morgan fingerprint density at radius 1 is 0.895 bits per heavy atom. The summed E-state index contributed by atoms with van der Waals surface area (Å²) in [7, 11) is -4.09. The van der Waals surface area contributed by atoms with Gasteiger partial charge in [0.1, 0.15) is 12.6 Å². The van der Waals surface area contributed by atoms with E-state index in [-0.39, 0.29) is 17.3 Å². The van der Waals surface area contributed by atoms with Gasteiger partial charge in [0, 0.05) is 18.1 Å². The molecule has 0 radical (unpaired) electrons. The lowest BCUT2D eigenvalue weighted by atomic mass is 10.1. The Hall–Kier alpha value is -3.36. The van der Waals surface area contributed by atoms with Crippen LogP contribution in [0.3, 0.4) is 0 Å². The van der Waals surface area contributed by atoms with Crippen molar-refractivity contribution >= 4 is 39.1 Å². The Bertz CT molecular complexity index is 1290. The molecule has 0 aliphatic carbocycles. The highest BCUT2D eigenvalue weighted by Gasteiger charge is 2.33. The fourth-order valence-corrected chi connectivity index (χ4v) is 5.68. The molecule has 1 atom stereocenters. The van der Waals surface area contributed by atoms with Crippen molar-refractivity contribution in [3.63, 3.8) is 0 Å². The summed E-state index contributed by atoms with van der Waals surface area (Å²) in [4.78, 5) is 28.5. The summed E-state index contributed by atoms with van der Waals surface area (Å²) in [6.45, 7) is 4.09. The summed E-state index contributed by atoms with van der Waals surface area (Å²) < 4.78 is 28.5. The highest BCUT2D eigenvalue weighted by molar-refractivity contribution is 7.92. The molecule has 0 unspecified atom stereocenters. The van der Waals surface area contributed by atoms with Gasteiger partial charge in [0.2, 0.25) is 11.8 Å². The number of sulfonamides is 1. The molecule has 0 spiro atoms. The summed E-state index contributed by atoms with van der Waals surface area (Å²) in [5.74, 6) is -0.714. The largest absolute Gasteiger partial charge is 0.354 e. The molecule has 7 nitrogen and oxygen atoms in total. The number of nitrogens with one attached hydrogen (secondary N) is 1. The van der Waals surface area contributed by atoms with Gasteiger partial charge in [0.25, 0.3) is 10.0 Å². The van der Waals surface area contributed by atoms with Crippen molar-refractivity contribution in [2.24, 2.45) is 0 Å². The molecular formula is C29H34ClN3O4S. The van der Waals surface area contributed by atoms with Crippen LogP contribution in [-0.4, -0.2) is 50.8 Å². The lowest BCUT2D eigenvalue weighted by molar-refractivity contribution is -0.139. The van der Waals surface area contributed by atoms with E-state index in [0.29, 0.717) is 30.1 Å². The van der Waals surface area contributed by atoms with Gasteiger partial charge < -0.3 is 10.2 Å². The molecule has 0 aromatic heterocycles. The standard InChI is InChI=1S/C29H34ClN3O4S/c1-3-20-31-29(35)27(4-2)32(21-19-23-11-7-5-8-12-23)28(34)22-33(25-17-15-24(30)16-18-25)38(36,37)26-13-9-6-10-14-26/h5-18,27H,3-4,19-22H2,1-2H3,(H,31,35)/t27-/m0/s1. The smallest absolute Gasteiger partial charge is 0.264 e. The average molecular weight is 556 g/mol. The SMILES string of the molecule is CCCNC(=O)[C@H](CC)N(CCc1ccccc1)C(=O)CN(c1ccc(Cl)cc1)S(=O)(=O)c1ccccc1. The van der Waals surface area contributed by atoms with Crippen molar-refractivity contribution < 1.29 is 18.0 Å². The van der Waals surface area contributed by atoms with Crippen molar-refractivity contribution in [2.75, 3.05) is 23.9 Å². The van der Waals surface area contributed by atoms with Gasteiger partial charge in [-0.25, -0.2) is 8.42 Å². The molecule has 0 saturated carbocycles. The van der Waals surface area contributed by atoms with Crippen LogP contribution >= 0.6 is 11.6 Å². The fraction of sp³-hybridized carbons (Fsp3) is 0.310. The Labute approximate surface area is 230 Å². The molecular weight excluding hydrogens is 522 g/mol. The second-order valence-electron chi connectivity index (χ2n) is 8.84. The monoisotopic (exact) mass is 555 g/mol. The molecule has 3 aromatic carbocycles. The second-order valence-corrected chi connectivity index (χ2v) is 11.1. The van der Waals surface area contributed by atoms with Gasteiger partial charge in [-0.3, -0.25) is 13.9 Å². The van der Waals surface area contributed by atoms with E-state index >= 15 is 0 Å². The van der Waals surface area contributed by atoms with E-state index in [1.807, 2.05) is 44.2 Å². The minimum atomic E-state index is -4.09. The lowest BCUT2D eigenvalue weighted by Crippen LogP contribution is -2.53. The number of carbonyl (C=O) groups excluding carboxylic acids is 2. The van der Waals surface area contributed by atoms with Crippen molar-refractivity contribution in [3.05, 3.63) is 95.5 Å². The van der Waals surface area contributed by atoms with Crippen LogP contribution in [0.1, 0.15) is 32.3 Å². The molecule has 9 heteroatoms. The van der Waals surface area contributed by atoms with E-state index in [1.165, 1.54) is 17.0 Å². The summed E-state index contributed by atoms with van der Waals surface area (Å²) in [6.07, 6.45) is 1.68. The van der Waals surface area contributed by atoms with Crippen LogP contribution < -0.4 is 9.62 Å². The predicted octanol–water partition coefficient (Wildman–Crippen LogP) is 4.91. The third kappa shape index (κ3) is 7.58. The molecule has 2 amide bonds. The number of benzene rings is 3. The minimum Gasteiger partial charge on any atom is -0.354 e. The van der Waals surface area contributed by atoms with Gasteiger partial charge in [-0.1, -0.05) is 74.0 Å². The van der Waals surface area contributed by atoms with Gasteiger partial charge in [-0.2, -0.15) is 0 Å². The van der Waals surface area contributed by atoms with Crippen LogP contribution in [0.15, 0.2) is 89.8 Å². The first-order valence-electron chi connectivity index (χ1n) is 12.7. The zero-order valence-electron chi connectivity index (χ0n) is 21.7. The number of hydrogen-bond acceptors (Lipinski definition) is 4. The molecule has 38 heavy (non-hydrogen) atoms. The van der Waals surface area contributed by atoms with Crippen LogP contribution in [0.25, 0.3) is 0 Å². The Kier molecular flexibility index (Phi) is 10.7. The van der Waals surface area contributed by atoms with Crippen LogP contribution in [0, 0.1) is 0 Å². The Morgan fingerprint density at radius 3 is 2.08 bits per heavy atom. The zero-order valence-corrected chi connectivity index (χ0v) is 23.3. The maximum Gasteiger partial charge on any atom is 0.264 e. The normalized spacial score (nSPS) is 12.0.